The molecule has 3 aromatic rings. The van der Waals surface area contributed by atoms with Gasteiger partial charge in [-0.15, -0.1) is 0 Å². The van der Waals surface area contributed by atoms with Crippen molar-refractivity contribution in [3.8, 4) is 23.1 Å². The highest BCUT2D eigenvalue weighted by molar-refractivity contribution is 6.30. The summed E-state index contributed by atoms with van der Waals surface area (Å²) in [6.45, 7) is 0.493. The number of benzene rings is 1. The molecule has 1 aromatic carbocycles. The summed E-state index contributed by atoms with van der Waals surface area (Å²) in [7, 11) is 0. The molecule has 0 saturated carbocycles. The van der Waals surface area contributed by atoms with Gasteiger partial charge in [-0.2, -0.15) is 0 Å². The quantitative estimate of drug-likeness (QED) is 0.625. The normalized spacial score (nSPS) is 10.4. The van der Waals surface area contributed by atoms with Crippen LogP contribution in [-0.2, 0) is 6.42 Å². The van der Waals surface area contributed by atoms with Gasteiger partial charge in [0.1, 0.15) is 11.5 Å². The van der Waals surface area contributed by atoms with Gasteiger partial charge in [0.2, 0.25) is 0 Å². The first-order valence-electron chi connectivity index (χ1n) is 7.85. The molecular weight excluding hydrogens is 340 g/mol. The predicted molar refractivity (Wildman–Crippen MR) is 95.5 cm³/mol. The second kappa shape index (κ2) is 8.35. The monoisotopic (exact) mass is 356 g/mol. The van der Waals surface area contributed by atoms with Gasteiger partial charge >= 0.3 is 0 Å². The Kier molecular flexibility index (Phi) is 5.69. The van der Waals surface area contributed by atoms with E-state index in [9.17, 15) is 5.11 Å². The maximum absolute atomic E-state index is 9.42. The SMILES string of the molecule is Oc1cncc(CCCOc2cccnc2Oc2cccc(Cl)c2)c1. The van der Waals surface area contributed by atoms with E-state index >= 15 is 0 Å². The topological polar surface area (TPSA) is 64.5 Å². The van der Waals surface area contributed by atoms with Crippen LogP contribution in [0, 0.1) is 0 Å². The second-order valence-electron chi connectivity index (χ2n) is 5.37. The summed E-state index contributed by atoms with van der Waals surface area (Å²) in [6, 6.07) is 12.4. The number of nitrogens with zero attached hydrogens (tertiary/aromatic N) is 2. The smallest absolute Gasteiger partial charge is 0.262 e. The standard InChI is InChI=1S/C19H17ClN2O3/c20-15-5-1-6-17(11-15)25-19-18(7-2-8-22-19)24-9-3-4-14-10-16(23)13-21-12-14/h1-2,5-8,10-13,23H,3-4,9H2. The first-order valence-corrected chi connectivity index (χ1v) is 8.22. The van der Waals surface area contributed by atoms with E-state index in [-0.39, 0.29) is 5.75 Å². The zero-order valence-electron chi connectivity index (χ0n) is 13.4. The Morgan fingerprint density at radius 3 is 2.84 bits per heavy atom. The molecular formula is C19H17ClN2O3. The highest BCUT2D eigenvalue weighted by atomic mass is 35.5. The zero-order chi connectivity index (χ0) is 17.5. The summed E-state index contributed by atoms with van der Waals surface area (Å²) in [4.78, 5) is 8.18. The van der Waals surface area contributed by atoms with Gasteiger partial charge in [-0.25, -0.2) is 4.98 Å². The Morgan fingerprint density at radius 1 is 1.08 bits per heavy atom. The molecule has 3 rings (SSSR count). The molecule has 0 fully saturated rings. The van der Waals surface area contributed by atoms with Crippen LogP contribution in [0.4, 0.5) is 0 Å². The highest BCUT2D eigenvalue weighted by Crippen LogP contribution is 2.30. The lowest BCUT2D eigenvalue weighted by Crippen LogP contribution is -2.02. The fourth-order valence-corrected chi connectivity index (χ4v) is 2.45. The zero-order valence-corrected chi connectivity index (χ0v) is 14.2. The Bertz CT molecular complexity index is 842. The van der Waals surface area contributed by atoms with E-state index in [1.807, 2.05) is 12.1 Å². The molecule has 0 radical (unpaired) electrons. The third kappa shape index (κ3) is 5.09. The van der Waals surface area contributed by atoms with Crippen molar-refractivity contribution in [2.45, 2.75) is 12.8 Å². The number of aromatic nitrogens is 2. The molecule has 0 aliphatic rings. The molecule has 0 bridgehead atoms. The van der Waals surface area contributed by atoms with Crippen LogP contribution in [0.15, 0.2) is 61.1 Å². The minimum absolute atomic E-state index is 0.169. The molecule has 2 aromatic heterocycles. The summed E-state index contributed by atoms with van der Waals surface area (Å²) in [6.07, 6.45) is 6.32. The predicted octanol–water partition coefficient (Wildman–Crippen LogP) is 4.64. The van der Waals surface area contributed by atoms with Gasteiger partial charge in [0.05, 0.1) is 12.8 Å². The molecule has 1 N–H and O–H groups in total. The van der Waals surface area contributed by atoms with Crippen LogP contribution < -0.4 is 9.47 Å². The van der Waals surface area contributed by atoms with E-state index in [0.717, 1.165) is 18.4 Å². The van der Waals surface area contributed by atoms with Crippen LogP contribution in [0.2, 0.25) is 5.02 Å². The molecule has 5 nitrogen and oxygen atoms in total. The van der Waals surface area contributed by atoms with Crippen molar-refractivity contribution in [3.05, 3.63) is 71.6 Å². The van der Waals surface area contributed by atoms with Crippen LogP contribution in [0.5, 0.6) is 23.1 Å². The molecule has 0 unspecified atom stereocenters. The van der Waals surface area contributed by atoms with E-state index in [4.69, 9.17) is 21.1 Å². The molecule has 0 atom stereocenters. The number of rotatable bonds is 7. The van der Waals surface area contributed by atoms with Crippen molar-refractivity contribution in [3.63, 3.8) is 0 Å². The van der Waals surface area contributed by atoms with Crippen molar-refractivity contribution < 1.29 is 14.6 Å². The summed E-state index contributed by atoms with van der Waals surface area (Å²) in [5.41, 5.74) is 0.963. The first kappa shape index (κ1) is 17.0. The van der Waals surface area contributed by atoms with Gasteiger partial charge in [-0.3, -0.25) is 4.98 Å². The number of hydrogen-bond donors (Lipinski definition) is 1. The lowest BCUT2D eigenvalue weighted by atomic mass is 10.1. The minimum Gasteiger partial charge on any atom is -0.506 e. The maximum atomic E-state index is 9.42. The lowest BCUT2D eigenvalue weighted by molar-refractivity contribution is 0.292. The van der Waals surface area contributed by atoms with Crippen LogP contribution in [0.1, 0.15) is 12.0 Å². The molecule has 0 aliphatic carbocycles. The van der Waals surface area contributed by atoms with E-state index in [2.05, 4.69) is 9.97 Å². The highest BCUT2D eigenvalue weighted by Gasteiger charge is 2.08. The first-order chi connectivity index (χ1) is 12.2. The van der Waals surface area contributed by atoms with Crippen LogP contribution in [0.25, 0.3) is 0 Å². The Labute approximate surface area is 150 Å². The number of halogens is 1. The average molecular weight is 357 g/mol. The molecule has 0 saturated heterocycles. The number of ether oxygens (including phenoxy) is 2. The van der Waals surface area contributed by atoms with Gasteiger partial charge in [-0.05, 0) is 54.8 Å². The minimum atomic E-state index is 0.169. The van der Waals surface area contributed by atoms with Gasteiger partial charge < -0.3 is 14.6 Å². The van der Waals surface area contributed by atoms with Crippen LogP contribution >= 0.6 is 11.6 Å². The third-order valence-electron chi connectivity index (χ3n) is 3.39. The van der Waals surface area contributed by atoms with Gasteiger partial charge in [0.15, 0.2) is 5.75 Å². The third-order valence-corrected chi connectivity index (χ3v) is 3.63. The number of aryl methyl sites for hydroxylation is 1. The van der Waals surface area contributed by atoms with E-state index in [1.54, 1.807) is 42.7 Å². The van der Waals surface area contributed by atoms with Crippen molar-refractivity contribution in [1.82, 2.24) is 9.97 Å². The van der Waals surface area contributed by atoms with Crippen molar-refractivity contribution in [2.75, 3.05) is 6.61 Å². The fourth-order valence-electron chi connectivity index (χ4n) is 2.27. The number of pyridine rings is 2. The summed E-state index contributed by atoms with van der Waals surface area (Å²) in [5, 5.41) is 10.0. The molecule has 128 valence electrons. The number of hydrogen-bond acceptors (Lipinski definition) is 5. The van der Waals surface area contributed by atoms with Crippen LogP contribution in [0.3, 0.4) is 0 Å². The Morgan fingerprint density at radius 2 is 2.00 bits per heavy atom. The van der Waals surface area contributed by atoms with Gasteiger partial charge in [0, 0.05) is 17.4 Å². The molecule has 25 heavy (non-hydrogen) atoms. The summed E-state index contributed by atoms with van der Waals surface area (Å²) in [5.74, 6) is 1.73. The van der Waals surface area contributed by atoms with Crippen molar-refractivity contribution in [1.29, 1.82) is 0 Å². The summed E-state index contributed by atoms with van der Waals surface area (Å²) >= 11 is 5.97. The van der Waals surface area contributed by atoms with Crippen molar-refractivity contribution in [2.24, 2.45) is 0 Å². The van der Waals surface area contributed by atoms with E-state index < -0.39 is 0 Å². The molecule has 0 amide bonds. The Hall–Kier alpha value is -2.79. The van der Waals surface area contributed by atoms with Crippen LogP contribution in [-0.4, -0.2) is 21.7 Å². The molecule has 2 heterocycles. The summed E-state index contributed by atoms with van der Waals surface area (Å²) < 4.78 is 11.5. The van der Waals surface area contributed by atoms with Crippen molar-refractivity contribution >= 4 is 11.6 Å². The van der Waals surface area contributed by atoms with E-state index in [1.165, 1.54) is 6.20 Å². The molecule has 0 aliphatic heterocycles. The van der Waals surface area contributed by atoms with E-state index in [0.29, 0.717) is 29.0 Å². The van der Waals surface area contributed by atoms with Gasteiger partial charge in [0.25, 0.3) is 5.88 Å². The lowest BCUT2D eigenvalue weighted by Gasteiger charge is -2.11. The Balaban J connectivity index is 1.57. The largest absolute Gasteiger partial charge is 0.506 e. The average Bonchev–Trinajstić information content (AvgIpc) is 2.60. The maximum Gasteiger partial charge on any atom is 0.262 e. The molecule has 6 heteroatoms. The molecule has 0 spiro atoms. The second-order valence-corrected chi connectivity index (χ2v) is 5.81. The fraction of sp³-hybridized carbons (Fsp3) is 0.158. The van der Waals surface area contributed by atoms with Gasteiger partial charge in [-0.1, -0.05) is 17.7 Å². The number of aromatic hydroxyl groups is 1.